The Morgan fingerprint density at radius 2 is 2.06 bits per heavy atom. The lowest BCUT2D eigenvalue weighted by atomic mass is 9.70. The standard InChI is InChI=1S/C15H21BrClN/c1-12(13-6-3-4-7-14(13)17)18(2)11-15(10-16)8-5-9-15/h3-4,6-7,12H,5,8-11H2,1-2H3. The highest BCUT2D eigenvalue weighted by atomic mass is 79.9. The Morgan fingerprint density at radius 3 is 2.56 bits per heavy atom. The summed E-state index contributed by atoms with van der Waals surface area (Å²) in [4.78, 5) is 2.43. The van der Waals surface area contributed by atoms with Crippen LogP contribution in [0.4, 0.5) is 0 Å². The van der Waals surface area contributed by atoms with Gasteiger partial charge in [-0.05, 0) is 43.9 Å². The fraction of sp³-hybridized carbons (Fsp3) is 0.600. The predicted octanol–water partition coefficient (Wildman–Crippen LogP) is 4.90. The lowest BCUT2D eigenvalue weighted by molar-refractivity contribution is 0.0863. The molecular formula is C15H21BrClN. The van der Waals surface area contributed by atoms with Gasteiger partial charge in [0.05, 0.1) is 0 Å². The third-order valence-corrected chi connectivity index (χ3v) is 5.83. The summed E-state index contributed by atoms with van der Waals surface area (Å²) in [6.07, 6.45) is 4.07. The van der Waals surface area contributed by atoms with Crippen LogP contribution < -0.4 is 0 Å². The third kappa shape index (κ3) is 2.92. The molecule has 1 fully saturated rings. The van der Waals surface area contributed by atoms with E-state index >= 15 is 0 Å². The monoisotopic (exact) mass is 329 g/mol. The molecule has 0 saturated heterocycles. The maximum atomic E-state index is 6.28. The fourth-order valence-electron chi connectivity index (χ4n) is 2.73. The predicted molar refractivity (Wildman–Crippen MR) is 82.6 cm³/mol. The van der Waals surface area contributed by atoms with E-state index in [1.165, 1.54) is 24.8 Å². The Balaban J connectivity index is 2.05. The molecule has 0 amide bonds. The Bertz CT molecular complexity index is 398. The van der Waals surface area contributed by atoms with Gasteiger partial charge in [-0.2, -0.15) is 0 Å². The number of hydrogen-bond acceptors (Lipinski definition) is 1. The topological polar surface area (TPSA) is 3.24 Å². The van der Waals surface area contributed by atoms with Crippen molar-refractivity contribution >= 4 is 27.5 Å². The van der Waals surface area contributed by atoms with Crippen LogP contribution in [0.3, 0.4) is 0 Å². The molecule has 0 radical (unpaired) electrons. The van der Waals surface area contributed by atoms with E-state index in [9.17, 15) is 0 Å². The Labute approximate surface area is 124 Å². The van der Waals surface area contributed by atoms with E-state index in [0.717, 1.165) is 16.9 Å². The van der Waals surface area contributed by atoms with Crippen molar-refractivity contribution in [2.75, 3.05) is 18.9 Å². The van der Waals surface area contributed by atoms with Gasteiger partial charge in [0.1, 0.15) is 0 Å². The molecular weight excluding hydrogens is 310 g/mol. The molecule has 0 heterocycles. The normalized spacial score (nSPS) is 19.6. The highest BCUT2D eigenvalue weighted by molar-refractivity contribution is 9.09. The van der Waals surface area contributed by atoms with E-state index in [4.69, 9.17) is 11.6 Å². The lowest BCUT2D eigenvalue weighted by Gasteiger charge is -2.44. The zero-order valence-corrected chi connectivity index (χ0v) is 13.5. The molecule has 0 bridgehead atoms. The van der Waals surface area contributed by atoms with Crippen LogP contribution in [-0.4, -0.2) is 23.8 Å². The van der Waals surface area contributed by atoms with E-state index in [0.29, 0.717) is 11.5 Å². The van der Waals surface area contributed by atoms with Crippen molar-refractivity contribution in [3.8, 4) is 0 Å². The number of alkyl halides is 1. The number of halogens is 2. The van der Waals surface area contributed by atoms with Crippen LogP contribution in [0.1, 0.15) is 37.8 Å². The highest BCUT2D eigenvalue weighted by Crippen LogP contribution is 2.44. The highest BCUT2D eigenvalue weighted by Gasteiger charge is 2.37. The molecule has 100 valence electrons. The zero-order chi connectivity index (χ0) is 13.2. The third-order valence-electron chi connectivity index (χ3n) is 4.30. The second kappa shape index (κ2) is 5.94. The first-order valence-electron chi connectivity index (χ1n) is 6.59. The lowest BCUT2D eigenvalue weighted by Crippen LogP contribution is -2.42. The largest absolute Gasteiger partial charge is 0.299 e. The van der Waals surface area contributed by atoms with Gasteiger partial charge in [0.2, 0.25) is 0 Å². The molecule has 0 aromatic heterocycles. The minimum absolute atomic E-state index is 0.371. The van der Waals surface area contributed by atoms with Gasteiger partial charge in [-0.25, -0.2) is 0 Å². The molecule has 1 aromatic rings. The van der Waals surface area contributed by atoms with Gasteiger partial charge < -0.3 is 0 Å². The molecule has 1 nitrogen and oxygen atoms in total. The van der Waals surface area contributed by atoms with Crippen molar-refractivity contribution in [2.24, 2.45) is 5.41 Å². The molecule has 1 aliphatic carbocycles. The second-order valence-corrected chi connectivity index (χ2v) is 6.57. The van der Waals surface area contributed by atoms with Crippen molar-refractivity contribution in [3.63, 3.8) is 0 Å². The van der Waals surface area contributed by atoms with Crippen molar-refractivity contribution in [1.29, 1.82) is 0 Å². The SMILES string of the molecule is CC(c1ccccc1Cl)N(C)CC1(CBr)CCC1. The van der Waals surface area contributed by atoms with Gasteiger partial charge in [-0.1, -0.05) is 52.2 Å². The van der Waals surface area contributed by atoms with Crippen LogP contribution in [0.15, 0.2) is 24.3 Å². The molecule has 1 unspecified atom stereocenters. The summed E-state index contributed by atoms with van der Waals surface area (Å²) in [5, 5.41) is 1.98. The summed E-state index contributed by atoms with van der Waals surface area (Å²) in [5.41, 5.74) is 1.72. The second-order valence-electron chi connectivity index (χ2n) is 5.60. The van der Waals surface area contributed by atoms with Crippen LogP contribution in [0.2, 0.25) is 5.02 Å². The van der Waals surface area contributed by atoms with Crippen LogP contribution in [0.5, 0.6) is 0 Å². The number of benzene rings is 1. The Morgan fingerprint density at radius 1 is 1.39 bits per heavy atom. The molecule has 0 aliphatic heterocycles. The van der Waals surface area contributed by atoms with E-state index in [-0.39, 0.29) is 0 Å². The molecule has 1 atom stereocenters. The summed E-state index contributed by atoms with van der Waals surface area (Å²) in [7, 11) is 2.21. The molecule has 0 N–H and O–H groups in total. The molecule has 1 aromatic carbocycles. The van der Waals surface area contributed by atoms with Crippen LogP contribution >= 0.6 is 27.5 Å². The maximum Gasteiger partial charge on any atom is 0.0453 e. The maximum absolute atomic E-state index is 6.28. The van der Waals surface area contributed by atoms with Gasteiger partial charge >= 0.3 is 0 Å². The molecule has 1 aliphatic rings. The van der Waals surface area contributed by atoms with E-state index < -0.39 is 0 Å². The number of nitrogens with zero attached hydrogens (tertiary/aromatic N) is 1. The van der Waals surface area contributed by atoms with Gasteiger partial charge in [0.25, 0.3) is 0 Å². The van der Waals surface area contributed by atoms with Crippen LogP contribution in [0, 0.1) is 5.41 Å². The van der Waals surface area contributed by atoms with E-state index in [2.05, 4.69) is 46.9 Å². The van der Waals surface area contributed by atoms with Gasteiger partial charge in [-0.3, -0.25) is 4.90 Å². The van der Waals surface area contributed by atoms with Crippen molar-refractivity contribution < 1.29 is 0 Å². The first-order chi connectivity index (χ1) is 8.58. The zero-order valence-electron chi connectivity index (χ0n) is 11.1. The first-order valence-corrected chi connectivity index (χ1v) is 8.08. The summed E-state index contributed by atoms with van der Waals surface area (Å²) >= 11 is 9.96. The molecule has 2 rings (SSSR count). The number of rotatable bonds is 5. The molecule has 0 spiro atoms. The molecule has 3 heteroatoms. The molecule has 18 heavy (non-hydrogen) atoms. The Hall–Kier alpha value is -0.0500. The van der Waals surface area contributed by atoms with Gasteiger partial charge in [-0.15, -0.1) is 0 Å². The van der Waals surface area contributed by atoms with Gasteiger partial charge in [0.15, 0.2) is 0 Å². The van der Waals surface area contributed by atoms with E-state index in [1.807, 2.05) is 12.1 Å². The molecule has 1 saturated carbocycles. The van der Waals surface area contributed by atoms with Crippen molar-refractivity contribution in [3.05, 3.63) is 34.9 Å². The Kier molecular flexibility index (Phi) is 4.74. The average molecular weight is 331 g/mol. The van der Waals surface area contributed by atoms with Crippen LogP contribution in [-0.2, 0) is 0 Å². The van der Waals surface area contributed by atoms with E-state index in [1.54, 1.807) is 0 Å². The van der Waals surface area contributed by atoms with Crippen LogP contribution in [0.25, 0.3) is 0 Å². The minimum atomic E-state index is 0.371. The fourth-order valence-corrected chi connectivity index (χ4v) is 3.76. The number of hydrogen-bond donors (Lipinski definition) is 0. The summed E-state index contributed by atoms with van der Waals surface area (Å²) in [5.74, 6) is 0. The van der Waals surface area contributed by atoms with Crippen molar-refractivity contribution in [1.82, 2.24) is 4.90 Å². The first kappa shape index (κ1) is 14.4. The summed E-state index contributed by atoms with van der Waals surface area (Å²) in [6, 6.07) is 8.53. The minimum Gasteiger partial charge on any atom is -0.299 e. The average Bonchev–Trinajstić information content (AvgIpc) is 2.33. The smallest absolute Gasteiger partial charge is 0.0453 e. The van der Waals surface area contributed by atoms with Gasteiger partial charge in [0, 0.05) is 22.9 Å². The summed E-state index contributed by atoms with van der Waals surface area (Å²) < 4.78 is 0. The quantitative estimate of drug-likeness (QED) is 0.694. The van der Waals surface area contributed by atoms with Crippen molar-refractivity contribution in [2.45, 2.75) is 32.2 Å². The summed E-state index contributed by atoms with van der Waals surface area (Å²) in [6.45, 7) is 3.38.